The number of aromatic nitrogens is 2. The van der Waals surface area contributed by atoms with Gasteiger partial charge in [0.05, 0.1) is 10.9 Å². The molecule has 0 atom stereocenters. The topological polar surface area (TPSA) is 58.1 Å². The number of H-pyrrole nitrogens is 1. The van der Waals surface area contributed by atoms with Gasteiger partial charge in [-0.1, -0.05) is 18.6 Å². The summed E-state index contributed by atoms with van der Waals surface area (Å²) in [4.78, 5) is 27.8. The third-order valence-electron chi connectivity index (χ3n) is 4.00. The molecular weight excluding hydrogens is 367 g/mol. The molecule has 1 heterocycles. The van der Waals surface area contributed by atoms with Crippen LogP contribution in [0.5, 0.6) is 0 Å². The maximum atomic E-state index is 12.5. The Kier molecular flexibility index (Phi) is 6.57. The zero-order valence-corrected chi connectivity index (χ0v) is 15.1. The fraction of sp³-hybridized carbons (Fsp3) is 0.471. The summed E-state index contributed by atoms with van der Waals surface area (Å²) in [5.41, 5.74) is 0.502. The van der Waals surface area contributed by atoms with Crippen molar-refractivity contribution < 1.29 is 18.0 Å². The number of hydrogen-bond donors (Lipinski definition) is 1. The lowest BCUT2D eigenvalue weighted by Crippen LogP contribution is -2.35. The number of rotatable bonds is 7. The standard InChI is InChI=1S/C17H20F3N3O2S/c1-22(11-17(18,19)20)14(24)9-3-2-6-10-23-15(25)12-7-4-5-8-13(12)21-16(23)26/h4-5,7-8H,2-3,6,9-11H2,1H3,(H,21,26). The van der Waals surface area contributed by atoms with Gasteiger partial charge >= 0.3 is 6.18 Å². The predicted octanol–water partition coefficient (Wildman–Crippen LogP) is 3.64. The summed E-state index contributed by atoms with van der Waals surface area (Å²) in [5, 5.41) is 0.546. The molecule has 1 aromatic carbocycles. The molecule has 0 radical (unpaired) electrons. The Labute approximate surface area is 153 Å². The Hall–Kier alpha value is -2.16. The van der Waals surface area contributed by atoms with Gasteiger partial charge in [-0.15, -0.1) is 0 Å². The Morgan fingerprint density at radius 2 is 1.92 bits per heavy atom. The van der Waals surface area contributed by atoms with E-state index in [0.717, 1.165) is 7.05 Å². The summed E-state index contributed by atoms with van der Waals surface area (Å²) in [6.07, 6.45) is -2.67. The number of para-hydroxylation sites is 1. The Morgan fingerprint density at radius 3 is 2.62 bits per heavy atom. The van der Waals surface area contributed by atoms with Gasteiger partial charge in [0.25, 0.3) is 5.56 Å². The molecule has 26 heavy (non-hydrogen) atoms. The van der Waals surface area contributed by atoms with Crippen molar-refractivity contribution in [1.29, 1.82) is 0 Å². The maximum Gasteiger partial charge on any atom is 0.406 e. The zero-order valence-electron chi connectivity index (χ0n) is 14.3. The Morgan fingerprint density at radius 1 is 1.23 bits per heavy atom. The molecule has 142 valence electrons. The van der Waals surface area contributed by atoms with Crippen LogP contribution in [-0.2, 0) is 11.3 Å². The van der Waals surface area contributed by atoms with Gasteiger partial charge in [0, 0.05) is 20.0 Å². The Balaban J connectivity index is 1.86. The van der Waals surface area contributed by atoms with Gasteiger partial charge in [-0.3, -0.25) is 14.2 Å². The molecule has 0 unspecified atom stereocenters. The van der Waals surface area contributed by atoms with Crippen LogP contribution in [0.15, 0.2) is 29.1 Å². The van der Waals surface area contributed by atoms with Crippen LogP contribution in [-0.4, -0.2) is 40.1 Å². The van der Waals surface area contributed by atoms with Gasteiger partial charge in [0.2, 0.25) is 5.91 Å². The molecule has 0 aliphatic rings. The number of hydrogen-bond acceptors (Lipinski definition) is 3. The van der Waals surface area contributed by atoms with Gasteiger partial charge < -0.3 is 9.88 Å². The summed E-state index contributed by atoms with van der Waals surface area (Å²) in [7, 11) is 1.14. The van der Waals surface area contributed by atoms with Crippen LogP contribution in [0, 0.1) is 4.77 Å². The number of nitrogens with one attached hydrogen (secondary N) is 1. The van der Waals surface area contributed by atoms with Crippen LogP contribution >= 0.6 is 12.2 Å². The average molecular weight is 387 g/mol. The number of halogens is 3. The molecule has 2 rings (SSSR count). The normalized spacial score (nSPS) is 11.7. The van der Waals surface area contributed by atoms with E-state index in [1.165, 1.54) is 4.57 Å². The smallest absolute Gasteiger partial charge is 0.337 e. The van der Waals surface area contributed by atoms with Gasteiger partial charge in [0.1, 0.15) is 6.54 Å². The second-order valence-corrected chi connectivity index (χ2v) is 6.49. The largest absolute Gasteiger partial charge is 0.406 e. The highest BCUT2D eigenvalue weighted by atomic mass is 32.1. The van der Waals surface area contributed by atoms with E-state index in [-0.39, 0.29) is 12.0 Å². The second kappa shape index (κ2) is 8.48. The van der Waals surface area contributed by atoms with Gasteiger partial charge in [0.15, 0.2) is 4.77 Å². The summed E-state index contributed by atoms with van der Waals surface area (Å²) in [6, 6.07) is 7.08. The SMILES string of the molecule is CN(CC(F)(F)F)C(=O)CCCCCn1c(=S)[nH]c2ccccc2c1=O. The number of nitrogens with zero attached hydrogens (tertiary/aromatic N) is 2. The van der Waals surface area contributed by atoms with Gasteiger partial charge in [-0.25, -0.2) is 0 Å². The molecule has 2 aromatic rings. The number of aromatic amines is 1. The molecule has 0 spiro atoms. The molecule has 9 heteroatoms. The van der Waals surface area contributed by atoms with Crippen molar-refractivity contribution in [3.05, 3.63) is 39.4 Å². The third-order valence-corrected chi connectivity index (χ3v) is 4.33. The molecule has 1 amide bonds. The summed E-state index contributed by atoms with van der Waals surface area (Å²) >= 11 is 5.21. The monoisotopic (exact) mass is 387 g/mol. The first-order chi connectivity index (χ1) is 12.2. The van der Waals surface area contributed by atoms with Crippen molar-refractivity contribution >= 4 is 29.0 Å². The molecule has 0 bridgehead atoms. The highest BCUT2D eigenvalue weighted by Gasteiger charge is 2.30. The van der Waals surface area contributed by atoms with Crippen LogP contribution in [0.2, 0.25) is 0 Å². The van der Waals surface area contributed by atoms with E-state index >= 15 is 0 Å². The highest BCUT2D eigenvalue weighted by molar-refractivity contribution is 7.71. The molecule has 1 aromatic heterocycles. The predicted molar refractivity (Wildman–Crippen MR) is 95.6 cm³/mol. The number of unbranched alkanes of at least 4 members (excludes halogenated alkanes) is 2. The van der Waals surface area contributed by atoms with E-state index in [1.54, 1.807) is 18.2 Å². The van der Waals surface area contributed by atoms with Crippen molar-refractivity contribution in [1.82, 2.24) is 14.5 Å². The first-order valence-corrected chi connectivity index (χ1v) is 8.62. The lowest BCUT2D eigenvalue weighted by atomic mass is 10.1. The summed E-state index contributed by atoms with van der Waals surface area (Å²) in [5.74, 6) is -0.539. The van der Waals surface area contributed by atoms with E-state index in [1.807, 2.05) is 6.07 Å². The molecule has 0 aliphatic carbocycles. The van der Waals surface area contributed by atoms with Gasteiger partial charge in [-0.05, 0) is 37.2 Å². The van der Waals surface area contributed by atoms with Crippen molar-refractivity contribution in [2.24, 2.45) is 0 Å². The molecule has 0 aliphatic heterocycles. The molecule has 0 saturated carbocycles. The van der Waals surface area contributed by atoms with Gasteiger partial charge in [-0.2, -0.15) is 13.2 Å². The van der Waals surface area contributed by atoms with Crippen molar-refractivity contribution in [2.45, 2.75) is 38.4 Å². The summed E-state index contributed by atoms with van der Waals surface area (Å²) < 4.78 is 38.5. The molecule has 0 fully saturated rings. The maximum absolute atomic E-state index is 12.5. The van der Waals surface area contributed by atoms with Crippen LogP contribution < -0.4 is 5.56 Å². The van der Waals surface area contributed by atoms with Crippen molar-refractivity contribution in [3.8, 4) is 0 Å². The highest BCUT2D eigenvalue weighted by Crippen LogP contribution is 2.16. The number of benzene rings is 1. The lowest BCUT2D eigenvalue weighted by molar-refractivity contribution is -0.158. The Bertz CT molecular complexity index is 889. The van der Waals surface area contributed by atoms with Crippen molar-refractivity contribution in [3.63, 3.8) is 0 Å². The molecule has 1 N–H and O–H groups in total. The fourth-order valence-electron chi connectivity index (χ4n) is 2.67. The zero-order chi connectivity index (χ0) is 19.3. The fourth-order valence-corrected chi connectivity index (χ4v) is 2.96. The van der Waals surface area contributed by atoms with Crippen molar-refractivity contribution in [2.75, 3.05) is 13.6 Å². The number of alkyl halides is 3. The summed E-state index contributed by atoms with van der Waals surface area (Å²) in [6.45, 7) is -0.848. The van der Waals surface area contributed by atoms with E-state index in [2.05, 4.69) is 4.98 Å². The average Bonchev–Trinajstić information content (AvgIpc) is 2.55. The minimum absolute atomic E-state index is 0.0477. The van der Waals surface area contributed by atoms with E-state index < -0.39 is 18.6 Å². The quantitative estimate of drug-likeness (QED) is 0.583. The minimum atomic E-state index is -4.39. The molecule has 5 nitrogen and oxygen atoms in total. The molecular formula is C17H20F3N3O2S. The third kappa shape index (κ3) is 5.42. The first-order valence-electron chi connectivity index (χ1n) is 8.21. The van der Waals surface area contributed by atoms with E-state index in [9.17, 15) is 22.8 Å². The minimum Gasteiger partial charge on any atom is -0.337 e. The number of carbonyl (C=O) groups is 1. The number of amides is 1. The van der Waals surface area contributed by atoms with Crippen LogP contribution in [0.3, 0.4) is 0 Å². The van der Waals surface area contributed by atoms with Crippen LogP contribution in [0.25, 0.3) is 10.9 Å². The second-order valence-electron chi connectivity index (χ2n) is 6.11. The lowest BCUT2D eigenvalue weighted by Gasteiger charge is -2.18. The van der Waals surface area contributed by atoms with E-state index in [0.29, 0.717) is 46.4 Å². The first kappa shape index (κ1) is 20.2. The number of fused-ring (bicyclic) bond motifs is 1. The molecule has 0 saturated heterocycles. The van der Waals surface area contributed by atoms with E-state index in [4.69, 9.17) is 12.2 Å². The van der Waals surface area contributed by atoms with Crippen LogP contribution in [0.1, 0.15) is 25.7 Å². The van der Waals surface area contributed by atoms with Crippen LogP contribution in [0.4, 0.5) is 13.2 Å². The number of carbonyl (C=O) groups excluding carboxylic acids is 1.